The summed E-state index contributed by atoms with van der Waals surface area (Å²) in [6.07, 6.45) is 13.2. The van der Waals surface area contributed by atoms with E-state index in [4.69, 9.17) is 0 Å². The van der Waals surface area contributed by atoms with Crippen LogP contribution in [-0.2, 0) is 0 Å². The molecule has 0 radical (unpaired) electrons. The van der Waals surface area contributed by atoms with Crippen molar-refractivity contribution in [2.75, 3.05) is 6.54 Å². The van der Waals surface area contributed by atoms with Crippen molar-refractivity contribution in [1.29, 1.82) is 0 Å². The van der Waals surface area contributed by atoms with Crippen molar-refractivity contribution in [1.82, 2.24) is 5.32 Å². The summed E-state index contributed by atoms with van der Waals surface area (Å²) in [7, 11) is 0. The molecule has 2 bridgehead atoms. The van der Waals surface area contributed by atoms with E-state index in [2.05, 4.69) is 47.8 Å². The number of allylic oxidation sites excluding steroid dienone is 2. The molecule has 21 heavy (non-hydrogen) atoms. The molecule has 0 aromatic heterocycles. The minimum absolute atomic E-state index is 0.771. The van der Waals surface area contributed by atoms with Crippen molar-refractivity contribution in [3.05, 3.63) is 48.0 Å². The number of hydrogen-bond donors (Lipinski definition) is 1. The summed E-state index contributed by atoms with van der Waals surface area (Å²) in [6, 6.07) is 11.9. The van der Waals surface area contributed by atoms with Crippen LogP contribution in [0.4, 0.5) is 0 Å². The molecular weight excluding hydrogens is 254 g/mol. The number of benzene rings is 1. The van der Waals surface area contributed by atoms with Crippen LogP contribution in [0.3, 0.4) is 0 Å². The first-order chi connectivity index (χ1) is 10.4. The highest BCUT2D eigenvalue weighted by molar-refractivity contribution is 5.20. The van der Waals surface area contributed by atoms with Crippen LogP contribution < -0.4 is 5.32 Å². The Hall–Kier alpha value is -1.08. The zero-order chi connectivity index (χ0) is 14.1. The smallest absolute Gasteiger partial charge is 0.00676 e. The van der Waals surface area contributed by atoms with Gasteiger partial charge in [-0.2, -0.15) is 0 Å². The largest absolute Gasteiger partial charge is 0.314 e. The molecule has 1 N–H and O–H groups in total. The number of fused-ring (bicyclic) bond motifs is 2. The van der Waals surface area contributed by atoms with Gasteiger partial charge in [-0.1, -0.05) is 42.5 Å². The van der Waals surface area contributed by atoms with Crippen LogP contribution in [0.5, 0.6) is 0 Å². The molecule has 3 aliphatic carbocycles. The topological polar surface area (TPSA) is 12.0 Å². The van der Waals surface area contributed by atoms with Gasteiger partial charge in [0, 0.05) is 6.04 Å². The summed E-state index contributed by atoms with van der Waals surface area (Å²) in [5.41, 5.74) is 1.55. The van der Waals surface area contributed by atoms with Gasteiger partial charge >= 0.3 is 0 Å². The fourth-order valence-electron chi connectivity index (χ4n) is 4.80. The predicted molar refractivity (Wildman–Crippen MR) is 88.3 cm³/mol. The Morgan fingerprint density at radius 1 is 0.905 bits per heavy atom. The maximum atomic E-state index is 3.89. The lowest BCUT2D eigenvalue weighted by atomic mass is 9.81. The number of hydrogen-bond acceptors (Lipinski definition) is 1. The van der Waals surface area contributed by atoms with Crippen molar-refractivity contribution in [3.63, 3.8) is 0 Å². The molecule has 3 atom stereocenters. The van der Waals surface area contributed by atoms with E-state index in [-0.39, 0.29) is 0 Å². The molecule has 0 amide bonds. The van der Waals surface area contributed by atoms with E-state index in [1.54, 1.807) is 5.56 Å². The fraction of sp³-hybridized carbons (Fsp3) is 0.600. The van der Waals surface area contributed by atoms with E-state index < -0.39 is 0 Å². The van der Waals surface area contributed by atoms with Gasteiger partial charge in [0.15, 0.2) is 0 Å². The Morgan fingerprint density at radius 3 is 2.38 bits per heavy atom. The molecule has 2 saturated carbocycles. The van der Waals surface area contributed by atoms with Crippen molar-refractivity contribution in [2.24, 2.45) is 17.8 Å². The Labute approximate surface area is 128 Å². The average Bonchev–Trinajstić information content (AvgIpc) is 3.17. The second kappa shape index (κ2) is 5.96. The van der Waals surface area contributed by atoms with Crippen LogP contribution in [0.15, 0.2) is 42.5 Å². The molecule has 1 aromatic carbocycles. The lowest BCUT2D eigenvalue weighted by molar-refractivity contribution is 0.310. The standard InChI is InChI=1S/C20H27N/c1-2-4-16(5-3-1)17-8-10-20(11-9-17)21-14-19-13-15-6-7-18(19)12-15/h1-7,15,17-21H,8-14H2. The first-order valence-electron chi connectivity index (χ1n) is 8.85. The number of rotatable bonds is 4. The maximum Gasteiger partial charge on any atom is 0.00676 e. The molecule has 3 aliphatic rings. The summed E-state index contributed by atoms with van der Waals surface area (Å²) < 4.78 is 0. The second-order valence-electron chi connectivity index (χ2n) is 7.41. The van der Waals surface area contributed by atoms with Crippen LogP contribution in [0, 0.1) is 17.8 Å². The zero-order valence-corrected chi connectivity index (χ0v) is 12.9. The average molecular weight is 281 g/mol. The minimum atomic E-state index is 0.771. The Balaban J connectivity index is 1.24. The van der Waals surface area contributed by atoms with Crippen LogP contribution in [0.1, 0.15) is 50.0 Å². The second-order valence-corrected chi connectivity index (χ2v) is 7.41. The van der Waals surface area contributed by atoms with Crippen LogP contribution in [0.25, 0.3) is 0 Å². The van der Waals surface area contributed by atoms with Crippen molar-refractivity contribution in [2.45, 2.75) is 50.5 Å². The van der Waals surface area contributed by atoms with Gasteiger partial charge in [0.2, 0.25) is 0 Å². The monoisotopic (exact) mass is 281 g/mol. The molecule has 1 aromatic rings. The van der Waals surface area contributed by atoms with Gasteiger partial charge in [-0.3, -0.25) is 0 Å². The Morgan fingerprint density at radius 2 is 1.71 bits per heavy atom. The molecule has 0 heterocycles. The van der Waals surface area contributed by atoms with Gasteiger partial charge < -0.3 is 5.32 Å². The molecule has 112 valence electrons. The van der Waals surface area contributed by atoms with Crippen LogP contribution in [0.2, 0.25) is 0 Å². The summed E-state index contributed by atoms with van der Waals surface area (Å²) in [5.74, 6) is 3.53. The third kappa shape index (κ3) is 2.94. The predicted octanol–water partition coefficient (Wildman–Crippen LogP) is 4.51. The van der Waals surface area contributed by atoms with E-state index in [0.717, 1.165) is 29.7 Å². The molecule has 0 aliphatic heterocycles. The first-order valence-corrected chi connectivity index (χ1v) is 8.85. The third-order valence-electron chi connectivity index (χ3n) is 6.08. The van der Waals surface area contributed by atoms with E-state index in [1.165, 1.54) is 45.1 Å². The van der Waals surface area contributed by atoms with Crippen molar-refractivity contribution < 1.29 is 0 Å². The summed E-state index contributed by atoms with van der Waals surface area (Å²) in [5, 5.41) is 3.89. The normalized spacial score (nSPS) is 38.0. The zero-order valence-electron chi connectivity index (χ0n) is 12.9. The molecule has 0 spiro atoms. The van der Waals surface area contributed by atoms with Crippen molar-refractivity contribution in [3.8, 4) is 0 Å². The fourth-order valence-corrected chi connectivity index (χ4v) is 4.80. The Bertz CT molecular complexity index is 484. The van der Waals surface area contributed by atoms with E-state index in [9.17, 15) is 0 Å². The first kappa shape index (κ1) is 13.6. The van der Waals surface area contributed by atoms with Crippen LogP contribution >= 0.6 is 0 Å². The lowest BCUT2D eigenvalue weighted by Crippen LogP contribution is -2.37. The molecule has 0 saturated heterocycles. The van der Waals surface area contributed by atoms with Gasteiger partial charge in [0.1, 0.15) is 0 Å². The molecule has 3 unspecified atom stereocenters. The van der Waals surface area contributed by atoms with Gasteiger partial charge in [0.25, 0.3) is 0 Å². The molecular formula is C20H27N. The Kier molecular flexibility index (Phi) is 3.85. The SMILES string of the molecule is C1=CC2CC1CC2CNC1CCC(c2ccccc2)CC1. The van der Waals surface area contributed by atoms with Gasteiger partial charge in [-0.15, -0.1) is 0 Å². The van der Waals surface area contributed by atoms with Gasteiger partial charge in [-0.05, 0) is 74.3 Å². The van der Waals surface area contributed by atoms with Crippen molar-refractivity contribution >= 4 is 0 Å². The van der Waals surface area contributed by atoms with Gasteiger partial charge in [0.05, 0.1) is 0 Å². The highest BCUT2D eigenvalue weighted by Gasteiger charge is 2.35. The van der Waals surface area contributed by atoms with Crippen LogP contribution in [-0.4, -0.2) is 12.6 Å². The highest BCUT2D eigenvalue weighted by Crippen LogP contribution is 2.43. The third-order valence-corrected chi connectivity index (χ3v) is 6.08. The molecule has 4 rings (SSSR count). The van der Waals surface area contributed by atoms with Gasteiger partial charge in [-0.25, -0.2) is 0 Å². The quantitative estimate of drug-likeness (QED) is 0.800. The summed E-state index contributed by atoms with van der Waals surface area (Å²) in [4.78, 5) is 0. The number of nitrogens with one attached hydrogen (secondary N) is 1. The summed E-state index contributed by atoms with van der Waals surface area (Å²) in [6.45, 7) is 1.26. The maximum absolute atomic E-state index is 3.89. The van der Waals surface area contributed by atoms with E-state index >= 15 is 0 Å². The molecule has 2 fully saturated rings. The minimum Gasteiger partial charge on any atom is -0.314 e. The molecule has 1 heteroatoms. The molecule has 1 nitrogen and oxygen atoms in total. The lowest BCUT2D eigenvalue weighted by Gasteiger charge is -2.31. The van der Waals surface area contributed by atoms with E-state index in [1.807, 2.05) is 0 Å². The van der Waals surface area contributed by atoms with E-state index in [0.29, 0.717) is 0 Å². The highest BCUT2D eigenvalue weighted by atomic mass is 14.9. The summed E-state index contributed by atoms with van der Waals surface area (Å²) >= 11 is 0.